The Kier molecular flexibility index (Phi) is 6.02. The third-order valence-electron chi connectivity index (χ3n) is 4.74. The summed E-state index contributed by atoms with van der Waals surface area (Å²) < 4.78 is 4.80. The van der Waals surface area contributed by atoms with Gasteiger partial charge < -0.3 is 9.84 Å². The maximum atomic E-state index is 12.2. The van der Waals surface area contributed by atoms with Gasteiger partial charge in [-0.25, -0.2) is 9.59 Å². The SMILES string of the molecule is C=C(CCO)C(=O)OC(=O)C(=C)CCc1c2ccccc2cc2ccccc12. The van der Waals surface area contributed by atoms with E-state index in [0.29, 0.717) is 12.8 Å². The first-order chi connectivity index (χ1) is 13.5. The van der Waals surface area contributed by atoms with E-state index in [0.717, 1.165) is 27.1 Å². The molecular formula is C24H22O4. The molecule has 142 valence electrons. The van der Waals surface area contributed by atoms with Crippen molar-refractivity contribution < 1.29 is 19.4 Å². The Hall–Kier alpha value is -3.24. The molecule has 0 fully saturated rings. The molecule has 0 saturated heterocycles. The van der Waals surface area contributed by atoms with Crippen LogP contribution in [0.2, 0.25) is 0 Å². The maximum absolute atomic E-state index is 12.2. The highest BCUT2D eigenvalue weighted by Crippen LogP contribution is 2.30. The van der Waals surface area contributed by atoms with Crippen molar-refractivity contribution in [3.8, 4) is 0 Å². The van der Waals surface area contributed by atoms with Gasteiger partial charge in [0, 0.05) is 24.2 Å². The lowest BCUT2D eigenvalue weighted by atomic mass is 9.93. The van der Waals surface area contributed by atoms with Gasteiger partial charge in [0.15, 0.2) is 0 Å². The summed E-state index contributed by atoms with van der Waals surface area (Å²) in [6.07, 6.45) is 1.04. The summed E-state index contributed by atoms with van der Waals surface area (Å²) in [4.78, 5) is 23.9. The third-order valence-corrected chi connectivity index (χ3v) is 4.74. The van der Waals surface area contributed by atoms with E-state index < -0.39 is 11.9 Å². The molecule has 3 rings (SSSR count). The number of aryl methyl sites for hydroxylation is 1. The molecule has 0 bridgehead atoms. The summed E-state index contributed by atoms with van der Waals surface area (Å²) in [6, 6.07) is 18.4. The molecule has 0 amide bonds. The van der Waals surface area contributed by atoms with E-state index in [2.05, 4.69) is 43.5 Å². The Balaban J connectivity index is 1.79. The summed E-state index contributed by atoms with van der Waals surface area (Å²) >= 11 is 0. The van der Waals surface area contributed by atoms with Gasteiger partial charge in [-0.15, -0.1) is 0 Å². The average Bonchev–Trinajstić information content (AvgIpc) is 2.70. The van der Waals surface area contributed by atoms with Crippen molar-refractivity contribution in [1.82, 2.24) is 0 Å². The van der Waals surface area contributed by atoms with Crippen LogP contribution in [-0.4, -0.2) is 23.7 Å². The number of hydrogen-bond donors (Lipinski definition) is 1. The molecule has 28 heavy (non-hydrogen) atoms. The molecule has 4 heteroatoms. The zero-order valence-corrected chi connectivity index (χ0v) is 15.6. The lowest BCUT2D eigenvalue weighted by Gasteiger charge is -2.12. The molecule has 0 radical (unpaired) electrons. The van der Waals surface area contributed by atoms with Crippen LogP contribution in [0.25, 0.3) is 21.5 Å². The molecule has 0 aromatic heterocycles. The van der Waals surface area contributed by atoms with Gasteiger partial charge >= 0.3 is 11.9 Å². The first-order valence-corrected chi connectivity index (χ1v) is 9.13. The van der Waals surface area contributed by atoms with Crippen LogP contribution in [0.1, 0.15) is 18.4 Å². The molecule has 3 aromatic carbocycles. The van der Waals surface area contributed by atoms with Crippen LogP contribution in [0.3, 0.4) is 0 Å². The highest BCUT2D eigenvalue weighted by Gasteiger charge is 2.17. The Morgan fingerprint density at radius 1 is 0.821 bits per heavy atom. The van der Waals surface area contributed by atoms with Gasteiger partial charge in [-0.3, -0.25) is 0 Å². The number of carbonyl (C=O) groups excluding carboxylic acids is 2. The second kappa shape index (κ2) is 8.63. The van der Waals surface area contributed by atoms with Crippen molar-refractivity contribution in [2.75, 3.05) is 6.61 Å². The molecule has 0 saturated carbocycles. The van der Waals surface area contributed by atoms with E-state index >= 15 is 0 Å². The predicted octanol–water partition coefficient (Wildman–Crippen LogP) is 4.49. The van der Waals surface area contributed by atoms with Crippen LogP contribution in [0.4, 0.5) is 0 Å². The summed E-state index contributed by atoms with van der Waals surface area (Å²) in [5.74, 6) is -1.58. The summed E-state index contributed by atoms with van der Waals surface area (Å²) in [7, 11) is 0. The van der Waals surface area contributed by atoms with Crippen molar-refractivity contribution in [2.45, 2.75) is 19.3 Å². The number of aliphatic hydroxyl groups is 1. The minimum Gasteiger partial charge on any atom is -0.396 e. The highest BCUT2D eigenvalue weighted by molar-refractivity contribution is 6.03. The smallest absolute Gasteiger partial charge is 0.341 e. The molecule has 0 heterocycles. The summed E-state index contributed by atoms with van der Waals surface area (Å²) in [6.45, 7) is 7.06. The first-order valence-electron chi connectivity index (χ1n) is 9.13. The normalized spacial score (nSPS) is 10.8. The molecule has 0 unspecified atom stereocenters. The van der Waals surface area contributed by atoms with Crippen LogP contribution in [-0.2, 0) is 20.7 Å². The Labute approximate surface area is 163 Å². The van der Waals surface area contributed by atoms with Crippen LogP contribution in [0.15, 0.2) is 78.9 Å². The van der Waals surface area contributed by atoms with E-state index in [9.17, 15) is 9.59 Å². The number of hydrogen-bond acceptors (Lipinski definition) is 4. The zero-order chi connectivity index (χ0) is 20.1. The fraction of sp³-hybridized carbons (Fsp3) is 0.167. The largest absolute Gasteiger partial charge is 0.396 e. The summed E-state index contributed by atoms with van der Waals surface area (Å²) in [5.41, 5.74) is 1.42. The molecule has 1 N–H and O–H groups in total. The molecule has 0 aliphatic carbocycles. The van der Waals surface area contributed by atoms with Gasteiger partial charge in [0.25, 0.3) is 0 Å². The monoisotopic (exact) mass is 374 g/mol. The number of benzene rings is 3. The van der Waals surface area contributed by atoms with E-state index in [1.165, 1.54) is 0 Å². The number of esters is 2. The van der Waals surface area contributed by atoms with Gasteiger partial charge in [-0.05, 0) is 46.0 Å². The van der Waals surface area contributed by atoms with Crippen molar-refractivity contribution in [1.29, 1.82) is 0 Å². The number of carbonyl (C=O) groups is 2. The van der Waals surface area contributed by atoms with E-state index in [-0.39, 0.29) is 24.2 Å². The topological polar surface area (TPSA) is 63.6 Å². The van der Waals surface area contributed by atoms with E-state index in [4.69, 9.17) is 9.84 Å². The molecule has 0 aliphatic rings. The van der Waals surface area contributed by atoms with Crippen LogP contribution in [0.5, 0.6) is 0 Å². The van der Waals surface area contributed by atoms with Crippen molar-refractivity contribution >= 4 is 33.5 Å². The molecule has 4 nitrogen and oxygen atoms in total. The fourth-order valence-corrected chi connectivity index (χ4v) is 3.22. The van der Waals surface area contributed by atoms with Crippen LogP contribution < -0.4 is 0 Å². The number of aliphatic hydroxyl groups excluding tert-OH is 1. The minimum atomic E-state index is -0.823. The molecule has 0 aliphatic heterocycles. The Bertz CT molecular complexity index is 1020. The predicted molar refractivity (Wildman–Crippen MR) is 111 cm³/mol. The highest BCUT2D eigenvalue weighted by atomic mass is 16.6. The second-order valence-electron chi connectivity index (χ2n) is 6.66. The van der Waals surface area contributed by atoms with Gasteiger partial charge in [-0.2, -0.15) is 0 Å². The molecule has 0 spiro atoms. The minimum absolute atomic E-state index is 0.0590. The van der Waals surface area contributed by atoms with Crippen LogP contribution in [0, 0.1) is 0 Å². The molecule has 3 aromatic rings. The first kappa shape index (κ1) is 19.5. The van der Waals surface area contributed by atoms with Crippen molar-refractivity contribution in [3.05, 3.63) is 84.5 Å². The molecule has 0 atom stereocenters. The van der Waals surface area contributed by atoms with Gasteiger partial charge in [-0.1, -0.05) is 61.7 Å². The number of ether oxygens (including phenoxy) is 1. The average molecular weight is 374 g/mol. The lowest BCUT2D eigenvalue weighted by molar-refractivity contribution is -0.154. The second-order valence-corrected chi connectivity index (χ2v) is 6.66. The summed E-state index contributed by atoms with van der Waals surface area (Å²) in [5, 5.41) is 13.4. The molecular weight excluding hydrogens is 352 g/mol. The van der Waals surface area contributed by atoms with Gasteiger partial charge in [0.2, 0.25) is 0 Å². The van der Waals surface area contributed by atoms with Gasteiger partial charge in [0.1, 0.15) is 0 Å². The van der Waals surface area contributed by atoms with Crippen LogP contribution >= 0.6 is 0 Å². The standard InChI is InChI=1S/C24H22O4/c1-16(23(26)28-24(27)17(2)13-14-25)11-12-22-20-9-5-3-7-18(20)15-19-8-4-6-10-21(19)22/h3-10,15,25H,1-2,11-14H2. The van der Waals surface area contributed by atoms with E-state index in [1.807, 2.05) is 24.3 Å². The lowest BCUT2D eigenvalue weighted by Crippen LogP contribution is -2.16. The maximum Gasteiger partial charge on any atom is 0.341 e. The third kappa shape index (κ3) is 4.18. The van der Waals surface area contributed by atoms with Crippen molar-refractivity contribution in [2.24, 2.45) is 0 Å². The van der Waals surface area contributed by atoms with E-state index in [1.54, 1.807) is 0 Å². The number of rotatable bonds is 7. The quantitative estimate of drug-likeness (QED) is 0.286. The Morgan fingerprint density at radius 3 is 1.86 bits per heavy atom. The Morgan fingerprint density at radius 2 is 1.32 bits per heavy atom. The number of fused-ring (bicyclic) bond motifs is 2. The fourth-order valence-electron chi connectivity index (χ4n) is 3.22. The van der Waals surface area contributed by atoms with Crippen molar-refractivity contribution in [3.63, 3.8) is 0 Å². The van der Waals surface area contributed by atoms with Gasteiger partial charge in [0.05, 0.1) is 0 Å². The zero-order valence-electron chi connectivity index (χ0n) is 15.6.